The van der Waals surface area contributed by atoms with E-state index in [0.29, 0.717) is 0 Å². The van der Waals surface area contributed by atoms with Gasteiger partial charge in [0.2, 0.25) is 0 Å². The summed E-state index contributed by atoms with van der Waals surface area (Å²) in [5.41, 5.74) is 4.79. The van der Waals surface area contributed by atoms with E-state index in [1.54, 1.807) is 0 Å². The Labute approximate surface area is 161 Å². The van der Waals surface area contributed by atoms with Crippen LogP contribution in [0.25, 0.3) is 0 Å². The van der Waals surface area contributed by atoms with E-state index in [0.717, 1.165) is 0 Å². The van der Waals surface area contributed by atoms with E-state index in [4.69, 9.17) is 15.6 Å². The molecule has 0 spiro atoms. The SMILES string of the molecule is Nc1ccn(C[C@@H]2O[C@H](CO)[C@@H](O)[C@H]2O)c(=O)n1.[H].[NaH].[NaH]. The van der Waals surface area contributed by atoms with Gasteiger partial charge in [-0.3, -0.25) is 4.57 Å². The third-order valence-corrected chi connectivity index (χ3v) is 2.91. The number of rotatable bonds is 3. The molecule has 0 aromatic carbocycles. The van der Waals surface area contributed by atoms with Gasteiger partial charge in [0.15, 0.2) is 0 Å². The van der Waals surface area contributed by atoms with Crippen molar-refractivity contribution in [3.05, 3.63) is 22.7 Å². The number of ether oxygens (including phenoxy) is 1. The second kappa shape index (κ2) is 8.84. The van der Waals surface area contributed by atoms with E-state index in [-0.39, 0.29) is 72.9 Å². The number of nitrogens with two attached hydrogens (primary N) is 1. The maximum atomic E-state index is 11.5. The Morgan fingerprint density at radius 3 is 2.45 bits per heavy atom. The van der Waals surface area contributed by atoms with Crippen LogP contribution >= 0.6 is 0 Å². The molecule has 8 nitrogen and oxygen atoms in total. The molecule has 1 aliphatic heterocycles. The Morgan fingerprint density at radius 1 is 1.35 bits per heavy atom. The summed E-state index contributed by atoms with van der Waals surface area (Å²) in [6.07, 6.45) is -2.52. The zero-order valence-corrected chi connectivity index (χ0v) is 9.51. The molecule has 10 heteroatoms. The van der Waals surface area contributed by atoms with Gasteiger partial charge in [0.1, 0.15) is 30.2 Å². The Hall–Kier alpha value is 0.520. The van der Waals surface area contributed by atoms with Gasteiger partial charge < -0.3 is 25.8 Å². The van der Waals surface area contributed by atoms with E-state index < -0.39 is 36.7 Å². The number of aromatic nitrogens is 2. The molecule has 2 heterocycles. The molecule has 1 radical (unpaired) electrons. The summed E-state index contributed by atoms with van der Waals surface area (Å²) in [6.45, 7) is -0.371. The first kappa shape index (κ1) is 20.5. The van der Waals surface area contributed by atoms with Crippen molar-refractivity contribution in [3.8, 4) is 0 Å². The molecular formula is C10H18N3Na2O5. The molecule has 0 bridgehead atoms. The fourth-order valence-electron chi connectivity index (χ4n) is 1.90. The van der Waals surface area contributed by atoms with Gasteiger partial charge in [0.25, 0.3) is 0 Å². The molecule has 0 amide bonds. The second-order valence-corrected chi connectivity index (χ2v) is 4.16. The topological polar surface area (TPSA) is 131 Å². The van der Waals surface area contributed by atoms with E-state index in [1.165, 1.54) is 16.8 Å². The molecule has 20 heavy (non-hydrogen) atoms. The minimum absolute atomic E-state index is 0. The van der Waals surface area contributed by atoms with Crippen LogP contribution in [0.15, 0.2) is 17.1 Å². The van der Waals surface area contributed by atoms with Crippen molar-refractivity contribution in [2.75, 3.05) is 12.3 Å². The Balaban J connectivity index is 0. The van der Waals surface area contributed by atoms with Gasteiger partial charge in [-0.1, -0.05) is 0 Å². The van der Waals surface area contributed by atoms with Crippen LogP contribution in [0.3, 0.4) is 0 Å². The number of anilines is 1. The van der Waals surface area contributed by atoms with E-state index in [2.05, 4.69) is 4.98 Å². The summed E-state index contributed by atoms with van der Waals surface area (Å²) in [4.78, 5) is 15.0. The van der Waals surface area contributed by atoms with Gasteiger partial charge in [-0.15, -0.1) is 0 Å². The van der Waals surface area contributed by atoms with E-state index >= 15 is 0 Å². The average Bonchev–Trinajstić information content (AvgIpc) is 2.60. The Morgan fingerprint density at radius 2 is 1.95 bits per heavy atom. The maximum absolute atomic E-state index is 11.5. The monoisotopic (exact) mass is 306 g/mol. The van der Waals surface area contributed by atoms with Gasteiger partial charge >= 0.3 is 64.8 Å². The van der Waals surface area contributed by atoms with E-state index in [1.807, 2.05) is 0 Å². The number of aliphatic hydroxyl groups is 3. The summed E-state index contributed by atoms with van der Waals surface area (Å²) >= 11 is 0. The summed E-state index contributed by atoms with van der Waals surface area (Å²) in [6, 6.07) is 1.45. The predicted molar refractivity (Wildman–Crippen MR) is 76.1 cm³/mol. The van der Waals surface area contributed by atoms with Crippen LogP contribution in [0, 0.1) is 0 Å². The number of nitrogen functional groups attached to an aromatic ring is 1. The van der Waals surface area contributed by atoms with Crippen molar-refractivity contribution < 1.29 is 21.5 Å². The summed E-state index contributed by atoms with van der Waals surface area (Å²) in [7, 11) is 0. The molecule has 0 aliphatic carbocycles. The minimum atomic E-state index is -1.17. The van der Waals surface area contributed by atoms with Crippen molar-refractivity contribution in [3.63, 3.8) is 0 Å². The standard InChI is InChI=1S/C10H15N3O5.2Na.3H/c11-7-1-2-13(10(17)12-7)3-5-8(15)9(16)6(4-14)18-5;;;;;/h1-2,5-6,8-9,14-16H,3-4H2,(H2,11,12,17);;;;;/t5-,6+,8-,9+;;;;;/m0...../s1. The third kappa shape index (κ3) is 4.51. The summed E-state index contributed by atoms with van der Waals surface area (Å²) < 4.78 is 6.47. The van der Waals surface area contributed by atoms with Crippen LogP contribution in [0.5, 0.6) is 0 Å². The van der Waals surface area contributed by atoms with Gasteiger partial charge in [-0.2, -0.15) is 4.98 Å². The Kier molecular flexibility index (Phi) is 9.07. The quantitative estimate of drug-likeness (QED) is 0.420. The molecule has 0 unspecified atom stereocenters. The average molecular weight is 306 g/mol. The number of hydrogen-bond acceptors (Lipinski definition) is 7. The molecule has 1 aromatic rings. The summed E-state index contributed by atoms with van der Waals surface area (Å²) in [5.74, 6) is 0.109. The molecule has 5 N–H and O–H groups in total. The molecule has 4 atom stereocenters. The van der Waals surface area contributed by atoms with Crippen molar-refractivity contribution in [1.82, 2.24) is 9.55 Å². The van der Waals surface area contributed by atoms with Gasteiger partial charge in [0, 0.05) is 7.62 Å². The van der Waals surface area contributed by atoms with Crippen molar-refractivity contribution in [2.45, 2.75) is 31.0 Å². The first-order valence-corrected chi connectivity index (χ1v) is 5.48. The molecule has 105 valence electrons. The predicted octanol–water partition coefficient (Wildman–Crippen LogP) is -3.88. The van der Waals surface area contributed by atoms with Crippen LogP contribution in [-0.4, -0.2) is 115 Å². The molecule has 1 saturated heterocycles. The number of aliphatic hydroxyl groups excluding tert-OH is 3. The molecule has 0 saturated carbocycles. The molecular weight excluding hydrogens is 288 g/mol. The van der Waals surface area contributed by atoms with Crippen LogP contribution in [0.1, 0.15) is 1.43 Å². The van der Waals surface area contributed by atoms with Crippen LogP contribution in [-0.2, 0) is 11.3 Å². The summed E-state index contributed by atoms with van der Waals surface area (Å²) in [5, 5.41) is 28.2. The van der Waals surface area contributed by atoms with Crippen LogP contribution in [0.2, 0.25) is 0 Å². The van der Waals surface area contributed by atoms with E-state index in [9.17, 15) is 15.0 Å². The van der Waals surface area contributed by atoms with Crippen molar-refractivity contribution in [1.29, 1.82) is 0 Å². The zero-order valence-electron chi connectivity index (χ0n) is 10.5. The van der Waals surface area contributed by atoms with Crippen molar-refractivity contribution in [2.24, 2.45) is 0 Å². The van der Waals surface area contributed by atoms with Crippen LogP contribution in [0.4, 0.5) is 5.82 Å². The van der Waals surface area contributed by atoms with Crippen molar-refractivity contribution >= 4 is 64.9 Å². The third-order valence-electron chi connectivity index (χ3n) is 2.91. The van der Waals surface area contributed by atoms with Gasteiger partial charge in [0.05, 0.1) is 13.2 Å². The molecule has 1 aliphatic rings. The normalized spacial score (nSPS) is 28.6. The molecule has 1 fully saturated rings. The number of hydrogen-bond donors (Lipinski definition) is 4. The fourth-order valence-corrected chi connectivity index (χ4v) is 1.90. The van der Waals surface area contributed by atoms with Crippen LogP contribution < -0.4 is 11.4 Å². The first-order chi connectivity index (χ1) is 8.52. The Bertz CT molecular complexity index is 492. The number of nitrogens with zero attached hydrogens (tertiary/aromatic N) is 2. The molecule has 2 rings (SSSR count). The first-order valence-electron chi connectivity index (χ1n) is 5.48. The zero-order chi connectivity index (χ0) is 13.3. The fraction of sp³-hybridized carbons (Fsp3) is 0.600. The van der Waals surface area contributed by atoms with Gasteiger partial charge in [-0.05, 0) is 6.07 Å². The second-order valence-electron chi connectivity index (χ2n) is 4.16. The molecule has 1 aromatic heterocycles. The van der Waals surface area contributed by atoms with Gasteiger partial charge in [-0.25, -0.2) is 4.79 Å².